The molecule has 1 N–H and O–H groups in total. The number of aromatic nitrogens is 2. The van der Waals surface area contributed by atoms with E-state index in [9.17, 15) is 4.39 Å². The number of benzene rings is 1. The highest BCUT2D eigenvalue weighted by atomic mass is 19.1. The molecule has 0 aliphatic carbocycles. The largest absolute Gasteiger partial charge is 0.353 e. The molecule has 0 saturated heterocycles. The molecule has 0 radical (unpaired) electrons. The number of rotatable bonds is 3. The Balaban J connectivity index is 2.42. The monoisotopic (exact) mass is 233 g/mol. The van der Waals surface area contributed by atoms with Crippen molar-refractivity contribution in [3.63, 3.8) is 0 Å². The number of anilines is 1. The zero-order chi connectivity index (χ0) is 12.4. The summed E-state index contributed by atoms with van der Waals surface area (Å²) in [4.78, 5) is 4.22. The first-order valence-electron chi connectivity index (χ1n) is 5.63. The summed E-state index contributed by atoms with van der Waals surface area (Å²) in [5, 5.41) is 3.22. The van der Waals surface area contributed by atoms with Crippen molar-refractivity contribution < 1.29 is 4.39 Å². The SMILES string of the molecule is Cc1cc(F)cc(-n2ccnc2NC(C)C)c1. The number of hydrogen-bond donors (Lipinski definition) is 1. The van der Waals surface area contributed by atoms with Crippen LogP contribution in [-0.2, 0) is 0 Å². The van der Waals surface area contributed by atoms with Crippen LogP contribution in [0.2, 0.25) is 0 Å². The molecule has 0 aliphatic heterocycles. The molecule has 1 heterocycles. The topological polar surface area (TPSA) is 29.9 Å². The third kappa shape index (κ3) is 2.64. The minimum absolute atomic E-state index is 0.232. The Morgan fingerprint density at radius 3 is 2.71 bits per heavy atom. The van der Waals surface area contributed by atoms with Gasteiger partial charge >= 0.3 is 0 Å². The first-order valence-corrected chi connectivity index (χ1v) is 5.63. The normalized spacial score (nSPS) is 10.9. The smallest absolute Gasteiger partial charge is 0.207 e. The average Bonchev–Trinajstić information content (AvgIpc) is 2.63. The molecule has 1 aromatic carbocycles. The third-order valence-corrected chi connectivity index (χ3v) is 2.36. The van der Waals surface area contributed by atoms with Gasteiger partial charge in [0, 0.05) is 18.4 Å². The molecule has 0 bridgehead atoms. The fraction of sp³-hybridized carbons (Fsp3) is 0.308. The van der Waals surface area contributed by atoms with E-state index in [1.54, 1.807) is 6.20 Å². The van der Waals surface area contributed by atoms with Gasteiger partial charge in [-0.2, -0.15) is 0 Å². The molecule has 2 rings (SSSR count). The van der Waals surface area contributed by atoms with E-state index in [1.807, 2.05) is 37.6 Å². The van der Waals surface area contributed by atoms with Gasteiger partial charge in [0.1, 0.15) is 5.82 Å². The molecule has 0 fully saturated rings. The summed E-state index contributed by atoms with van der Waals surface area (Å²) < 4.78 is 15.2. The lowest BCUT2D eigenvalue weighted by Gasteiger charge is -2.12. The Morgan fingerprint density at radius 2 is 2.06 bits per heavy atom. The zero-order valence-corrected chi connectivity index (χ0v) is 10.2. The van der Waals surface area contributed by atoms with E-state index in [0.717, 1.165) is 17.2 Å². The lowest BCUT2D eigenvalue weighted by atomic mass is 10.2. The van der Waals surface area contributed by atoms with Gasteiger partial charge in [-0.05, 0) is 44.5 Å². The van der Waals surface area contributed by atoms with Crippen molar-refractivity contribution in [2.75, 3.05) is 5.32 Å². The number of nitrogens with one attached hydrogen (secondary N) is 1. The molecule has 90 valence electrons. The van der Waals surface area contributed by atoms with Gasteiger partial charge in [-0.1, -0.05) is 0 Å². The van der Waals surface area contributed by atoms with E-state index < -0.39 is 0 Å². The van der Waals surface area contributed by atoms with Crippen LogP contribution in [0.1, 0.15) is 19.4 Å². The van der Waals surface area contributed by atoms with Gasteiger partial charge < -0.3 is 5.32 Å². The van der Waals surface area contributed by atoms with E-state index in [0.29, 0.717) is 0 Å². The molecule has 0 saturated carbocycles. The Labute approximate surface area is 100 Å². The molecular weight excluding hydrogens is 217 g/mol. The van der Waals surface area contributed by atoms with Crippen LogP contribution in [0.3, 0.4) is 0 Å². The maximum absolute atomic E-state index is 13.4. The van der Waals surface area contributed by atoms with Crippen molar-refractivity contribution in [1.82, 2.24) is 9.55 Å². The summed E-state index contributed by atoms with van der Waals surface area (Å²) in [6.45, 7) is 5.95. The van der Waals surface area contributed by atoms with Gasteiger partial charge in [0.2, 0.25) is 5.95 Å². The predicted octanol–water partition coefficient (Wildman–Crippen LogP) is 3.14. The van der Waals surface area contributed by atoms with Crippen molar-refractivity contribution in [1.29, 1.82) is 0 Å². The van der Waals surface area contributed by atoms with Crippen molar-refractivity contribution in [3.05, 3.63) is 42.0 Å². The minimum atomic E-state index is -0.232. The van der Waals surface area contributed by atoms with Crippen LogP contribution in [0.15, 0.2) is 30.6 Å². The Hall–Kier alpha value is -1.84. The highest BCUT2D eigenvalue weighted by molar-refractivity contribution is 5.44. The van der Waals surface area contributed by atoms with Gasteiger partial charge in [0.25, 0.3) is 0 Å². The maximum Gasteiger partial charge on any atom is 0.207 e. The van der Waals surface area contributed by atoms with Gasteiger partial charge in [0.05, 0.1) is 5.69 Å². The van der Waals surface area contributed by atoms with E-state index in [1.165, 1.54) is 12.1 Å². The van der Waals surface area contributed by atoms with Gasteiger partial charge in [-0.25, -0.2) is 9.37 Å². The molecule has 0 spiro atoms. The van der Waals surface area contributed by atoms with Crippen molar-refractivity contribution in [2.24, 2.45) is 0 Å². The summed E-state index contributed by atoms with van der Waals surface area (Å²) in [6, 6.07) is 5.22. The number of nitrogens with zero attached hydrogens (tertiary/aromatic N) is 2. The van der Waals surface area contributed by atoms with E-state index in [2.05, 4.69) is 10.3 Å². The van der Waals surface area contributed by atoms with Crippen molar-refractivity contribution in [3.8, 4) is 5.69 Å². The molecule has 0 amide bonds. The lowest BCUT2D eigenvalue weighted by molar-refractivity contribution is 0.625. The summed E-state index contributed by atoms with van der Waals surface area (Å²) in [6.07, 6.45) is 3.52. The first kappa shape index (κ1) is 11.6. The van der Waals surface area contributed by atoms with Crippen LogP contribution < -0.4 is 5.32 Å². The van der Waals surface area contributed by atoms with Crippen LogP contribution in [-0.4, -0.2) is 15.6 Å². The zero-order valence-electron chi connectivity index (χ0n) is 10.2. The fourth-order valence-corrected chi connectivity index (χ4v) is 1.73. The quantitative estimate of drug-likeness (QED) is 0.882. The number of imidazole rings is 1. The van der Waals surface area contributed by atoms with Gasteiger partial charge in [-0.3, -0.25) is 4.57 Å². The highest BCUT2D eigenvalue weighted by Crippen LogP contribution is 2.17. The number of halogens is 1. The Kier molecular flexibility index (Phi) is 3.13. The van der Waals surface area contributed by atoms with E-state index in [-0.39, 0.29) is 11.9 Å². The standard InChI is InChI=1S/C13H16FN3/c1-9(2)16-13-15-4-5-17(13)12-7-10(3)6-11(14)8-12/h4-9H,1-3H3,(H,15,16). The molecular formula is C13H16FN3. The molecule has 0 atom stereocenters. The molecule has 2 aromatic rings. The molecule has 17 heavy (non-hydrogen) atoms. The van der Waals surface area contributed by atoms with Crippen molar-refractivity contribution >= 4 is 5.95 Å². The van der Waals surface area contributed by atoms with Crippen LogP contribution in [0, 0.1) is 12.7 Å². The summed E-state index contributed by atoms with van der Waals surface area (Å²) in [5.41, 5.74) is 1.67. The number of aryl methyl sites for hydroxylation is 1. The van der Waals surface area contributed by atoms with Crippen molar-refractivity contribution in [2.45, 2.75) is 26.8 Å². The van der Waals surface area contributed by atoms with E-state index in [4.69, 9.17) is 0 Å². The second kappa shape index (κ2) is 4.57. The molecule has 4 heteroatoms. The first-order chi connectivity index (χ1) is 8.06. The fourth-order valence-electron chi connectivity index (χ4n) is 1.73. The second-order valence-corrected chi connectivity index (χ2v) is 4.41. The summed E-state index contributed by atoms with van der Waals surface area (Å²) in [5.74, 6) is 0.495. The number of hydrogen-bond acceptors (Lipinski definition) is 2. The highest BCUT2D eigenvalue weighted by Gasteiger charge is 2.07. The summed E-state index contributed by atoms with van der Waals surface area (Å²) in [7, 11) is 0. The molecule has 1 aromatic heterocycles. The van der Waals surface area contributed by atoms with Gasteiger partial charge in [0.15, 0.2) is 0 Å². The van der Waals surface area contributed by atoms with Crippen LogP contribution >= 0.6 is 0 Å². The van der Waals surface area contributed by atoms with Crippen LogP contribution in [0.4, 0.5) is 10.3 Å². The average molecular weight is 233 g/mol. The minimum Gasteiger partial charge on any atom is -0.353 e. The predicted molar refractivity (Wildman–Crippen MR) is 67.0 cm³/mol. The van der Waals surface area contributed by atoms with Crippen LogP contribution in [0.25, 0.3) is 5.69 Å². The second-order valence-electron chi connectivity index (χ2n) is 4.41. The third-order valence-electron chi connectivity index (χ3n) is 2.36. The summed E-state index contributed by atoms with van der Waals surface area (Å²) >= 11 is 0. The van der Waals surface area contributed by atoms with Crippen LogP contribution in [0.5, 0.6) is 0 Å². The molecule has 3 nitrogen and oxygen atoms in total. The Bertz CT molecular complexity index is 497. The maximum atomic E-state index is 13.4. The molecule has 0 aliphatic rings. The Morgan fingerprint density at radius 1 is 1.29 bits per heavy atom. The lowest BCUT2D eigenvalue weighted by Crippen LogP contribution is -2.14. The van der Waals surface area contributed by atoms with E-state index >= 15 is 0 Å². The van der Waals surface area contributed by atoms with Gasteiger partial charge in [-0.15, -0.1) is 0 Å². The molecule has 0 unspecified atom stereocenters.